The van der Waals surface area contributed by atoms with Gasteiger partial charge in [-0.25, -0.2) is 9.18 Å². The number of carbonyl (C=O) groups is 1. The summed E-state index contributed by atoms with van der Waals surface area (Å²) in [5.41, 5.74) is 0.397. The summed E-state index contributed by atoms with van der Waals surface area (Å²) in [7, 11) is 1.58. The number of nitriles is 1. The second-order valence-electron chi connectivity index (χ2n) is 3.27. The molecular formula is C11H12FN3O. The first-order valence-electron chi connectivity index (χ1n) is 4.78. The summed E-state index contributed by atoms with van der Waals surface area (Å²) < 4.78 is 12.8. The number of nitrogens with one attached hydrogen (secondary N) is 1. The van der Waals surface area contributed by atoms with E-state index in [0.717, 1.165) is 0 Å². The number of hydrogen-bond acceptors (Lipinski definition) is 2. The number of hydrogen-bond donors (Lipinski definition) is 1. The molecule has 0 saturated carbocycles. The topological polar surface area (TPSA) is 56.1 Å². The Labute approximate surface area is 93.3 Å². The van der Waals surface area contributed by atoms with Crippen LogP contribution in [0.4, 0.5) is 14.9 Å². The van der Waals surface area contributed by atoms with Crippen LogP contribution in [0.2, 0.25) is 0 Å². The van der Waals surface area contributed by atoms with E-state index < -0.39 is 5.82 Å². The highest BCUT2D eigenvalue weighted by molar-refractivity contribution is 5.89. The minimum absolute atomic E-state index is 0.271. The normalized spacial score (nSPS) is 9.31. The molecule has 5 heteroatoms. The summed E-state index contributed by atoms with van der Waals surface area (Å²) in [5.74, 6) is -0.405. The van der Waals surface area contributed by atoms with Crippen LogP contribution in [0, 0.1) is 17.1 Å². The summed E-state index contributed by atoms with van der Waals surface area (Å²) in [6, 6.07) is 7.23. The molecule has 1 aromatic rings. The number of nitrogens with zero attached hydrogens (tertiary/aromatic N) is 2. The van der Waals surface area contributed by atoms with E-state index in [-0.39, 0.29) is 12.5 Å². The van der Waals surface area contributed by atoms with Gasteiger partial charge in [0.15, 0.2) is 0 Å². The van der Waals surface area contributed by atoms with E-state index in [0.29, 0.717) is 12.2 Å². The van der Waals surface area contributed by atoms with Crippen molar-refractivity contribution in [3.63, 3.8) is 0 Å². The lowest BCUT2D eigenvalue weighted by atomic mass is 10.3. The molecule has 0 aliphatic carbocycles. The minimum Gasteiger partial charge on any atom is -0.327 e. The fourth-order valence-corrected chi connectivity index (χ4v) is 1.10. The van der Waals surface area contributed by atoms with Crippen LogP contribution >= 0.6 is 0 Å². The molecular weight excluding hydrogens is 209 g/mol. The Morgan fingerprint density at radius 3 is 3.00 bits per heavy atom. The lowest BCUT2D eigenvalue weighted by Gasteiger charge is -2.16. The first-order valence-corrected chi connectivity index (χ1v) is 4.78. The number of anilines is 1. The van der Waals surface area contributed by atoms with Gasteiger partial charge in [-0.05, 0) is 18.2 Å². The van der Waals surface area contributed by atoms with Crippen LogP contribution in [-0.4, -0.2) is 24.5 Å². The second-order valence-corrected chi connectivity index (χ2v) is 3.27. The maximum absolute atomic E-state index is 12.8. The smallest absolute Gasteiger partial charge is 0.321 e. The van der Waals surface area contributed by atoms with Crippen molar-refractivity contribution in [2.24, 2.45) is 0 Å². The fourth-order valence-electron chi connectivity index (χ4n) is 1.10. The van der Waals surface area contributed by atoms with Crippen LogP contribution in [0.1, 0.15) is 6.42 Å². The largest absolute Gasteiger partial charge is 0.327 e. The van der Waals surface area contributed by atoms with Crippen molar-refractivity contribution in [2.45, 2.75) is 6.42 Å². The molecule has 2 amide bonds. The van der Waals surface area contributed by atoms with Gasteiger partial charge in [0, 0.05) is 19.3 Å². The molecule has 0 spiro atoms. The number of benzene rings is 1. The highest BCUT2D eigenvalue weighted by atomic mass is 19.1. The maximum atomic E-state index is 12.8. The van der Waals surface area contributed by atoms with Gasteiger partial charge in [-0.2, -0.15) is 5.26 Å². The molecule has 0 heterocycles. The van der Waals surface area contributed by atoms with E-state index >= 15 is 0 Å². The zero-order valence-corrected chi connectivity index (χ0v) is 8.90. The van der Waals surface area contributed by atoms with Crippen molar-refractivity contribution in [1.82, 2.24) is 4.90 Å². The van der Waals surface area contributed by atoms with E-state index in [9.17, 15) is 9.18 Å². The lowest BCUT2D eigenvalue weighted by Crippen LogP contribution is -2.31. The maximum Gasteiger partial charge on any atom is 0.321 e. The van der Waals surface area contributed by atoms with Gasteiger partial charge in [0.1, 0.15) is 5.82 Å². The van der Waals surface area contributed by atoms with Gasteiger partial charge in [-0.1, -0.05) is 6.07 Å². The molecule has 0 radical (unpaired) electrons. The van der Waals surface area contributed by atoms with E-state index in [2.05, 4.69) is 5.32 Å². The average molecular weight is 221 g/mol. The summed E-state index contributed by atoms with van der Waals surface area (Å²) in [6.07, 6.45) is 0.271. The van der Waals surface area contributed by atoms with Gasteiger partial charge in [0.2, 0.25) is 0 Å². The van der Waals surface area contributed by atoms with Crippen LogP contribution in [0.5, 0.6) is 0 Å². The molecule has 0 unspecified atom stereocenters. The Kier molecular flexibility index (Phi) is 4.28. The molecule has 0 fully saturated rings. The van der Waals surface area contributed by atoms with E-state index in [1.807, 2.05) is 6.07 Å². The van der Waals surface area contributed by atoms with E-state index in [1.165, 1.54) is 23.1 Å². The lowest BCUT2D eigenvalue weighted by molar-refractivity contribution is 0.223. The molecule has 0 bridgehead atoms. The molecule has 0 aliphatic rings. The van der Waals surface area contributed by atoms with Crippen molar-refractivity contribution in [1.29, 1.82) is 5.26 Å². The van der Waals surface area contributed by atoms with Crippen LogP contribution in [0.15, 0.2) is 24.3 Å². The quantitative estimate of drug-likeness (QED) is 0.850. The number of halogens is 1. The molecule has 0 saturated heterocycles. The molecule has 0 aliphatic heterocycles. The van der Waals surface area contributed by atoms with Crippen molar-refractivity contribution >= 4 is 11.7 Å². The summed E-state index contributed by atoms with van der Waals surface area (Å²) in [5, 5.41) is 10.9. The molecule has 4 nitrogen and oxygen atoms in total. The molecule has 0 aromatic heterocycles. The molecule has 1 aromatic carbocycles. The third-order valence-corrected chi connectivity index (χ3v) is 1.98. The molecule has 16 heavy (non-hydrogen) atoms. The fraction of sp³-hybridized carbons (Fsp3) is 0.273. The standard InChI is InChI=1S/C11H12FN3O/c1-15(7-3-6-13)11(16)14-10-5-2-4-9(12)8-10/h2,4-5,8H,3,7H2,1H3,(H,14,16). The summed E-state index contributed by atoms with van der Waals surface area (Å²) in [4.78, 5) is 12.9. The second kappa shape index (κ2) is 5.71. The van der Waals surface area contributed by atoms with Crippen LogP contribution in [0.25, 0.3) is 0 Å². The predicted molar refractivity (Wildman–Crippen MR) is 58.3 cm³/mol. The Hall–Kier alpha value is -2.09. The first kappa shape index (κ1) is 12.0. The van der Waals surface area contributed by atoms with Crippen molar-refractivity contribution < 1.29 is 9.18 Å². The van der Waals surface area contributed by atoms with Crippen LogP contribution in [0.3, 0.4) is 0 Å². The SMILES string of the molecule is CN(CCC#N)C(=O)Nc1cccc(F)c1. The Bertz CT molecular complexity index is 414. The summed E-state index contributed by atoms with van der Waals surface area (Å²) in [6.45, 7) is 0.345. The van der Waals surface area contributed by atoms with Gasteiger partial charge < -0.3 is 10.2 Å². The van der Waals surface area contributed by atoms with Crippen molar-refractivity contribution in [3.05, 3.63) is 30.1 Å². The van der Waals surface area contributed by atoms with Gasteiger partial charge >= 0.3 is 6.03 Å². The van der Waals surface area contributed by atoms with E-state index in [1.54, 1.807) is 13.1 Å². The third-order valence-electron chi connectivity index (χ3n) is 1.98. The van der Waals surface area contributed by atoms with E-state index in [4.69, 9.17) is 5.26 Å². The third kappa shape index (κ3) is 3.58. The zero-order chi connectivity index (χ0) is 12.0. The van der Waals surface area contributed by atoms with Gasteiger partial charge in [0.05, 0.1) is 12.5 Å². The molecule has 1 rings (SSSR count). The average Bonchev–Trinajstić information content (AvgIpc) is 2.25. The highest BCUT2D eigenvalue weighted by Gasteiger charge is 2.08. The van der Waals surface area contributed by atoms with Gasteiger partial charge in [0.25, 0.3) is 0 Å². The number of rotatable bonds is 3. The molecule has 1 N–H and O–H groups in total. The number of carbonyl (C=O) groups excluding carboxylic acids is 1. The van der Waals surface area contributed by atoms with Crippen LogP contribution < -0.4 is 5.32 Å². The summed E-state index contributed by atoms with van der Waals surface area (Å²) >= 11 is 0. The van der Waals surface area contributed by atoms with Crippen molar-refractivity contribution in [3.8, 4) is 6.07 Å². The Balaban J connectivity index is 2.54. The Morgan fingerprint density at radius 1 is 1.62 bits per heavy atom. The van der Waals surface area contributed by atoms with Gasteiger partial charge in [-0.15, -0.1) is 0 Å². The molecule has 84 valence electrons. The molecule has 0 atom stereocenters. The zero-order valence-electron chi connectivity index (χ0n) is 8.90. The predicted octanol–water partition coefficient (Wildman–Crippen LogP) is 2.20. The van der Waals surface area contributed by atoms with Crippen molar-refractivity contribution in [2.75, 3.05) is 18.9 Å². The number of urea groups is 1. The highest BCUT2D eigenvalue weighted by Crippen LogP contribution is 2.09. The minimum atomic E-state index is -0.405. The van der Waals surface area contributed by atoms with Gasteiger partial charge in [-0.3, -0.25) is 0 Å². The van der Waals surface area contributed by atoms with Crippen LogP contribution in [-0.2, 0) is 0 Å². The Morgan fingerprint density at radius 2 is 2.38 bits per heavy atom. The monoisotopic (exact) mass is 221 g/mol. The first-order chi connectivity index (χ1) is 7.63. The number of amides is 2.